The fourth-order valence-electron chi connectivity index (χ4n) is 2.60. The summed E-state index contributed by atoms with van der Waals surface area (Å²) in [7, 11) is 2.87. The predicted molar refractivity (Wildman–Crippen MR) is 107 cm³/mol. The number of nitrogens with two attached hydrogens (primary N) is 1. The predicted octanol–water partition coefficient (Wildman–Crippen LogP) is 2.72. The van der Waals surface area contributed by atoms with Gasteiger partial charge in [-0.3, -0.25) is 9.69 Å². The van der Waals surface area contributed by atoms with Crippen molar-refractivity contribution in [1.29, 1.82) is 0 Å². The number of carboxylic acid groups (broad SMARTS) is 2. The summed E-state index contributed by atoms with van der Waals surface area (Å²) in [5, 5.41) is 18.7. The number of carboxylic acids is 2. The van der Waals surface area contributed by atoms with Gasteiger partial charge in [0, 0.05) is 41.7 Å². The molecule has 1 aliphatic heterocycles. The molecule has 6 nitrogen and oxygen atoms in total. The summed E-state index contributed by atoms with van der Waals surface area (Å²) in [6, 6.07) is 6.70. The van der Waals surface area contributed by atoms with Gasteiger partial charge >= 0.3 is 11.9 Å². The van der Waals surface area contributed by atoms with Crippen LogP contribution >= 0.6 is 33.2 Å². The van der Waals surface area contributed by atoms with Crippen molar-refractivity contribution in [2.45, 2.75) is 24.3 Å². The van der Waals surface area contributed by atoms with Gasteiger partial charge in [0.05, 0.1) is 0 Å². The summed E-state index contributed by atoms with van der Waals surface area (Å²) in [5.41, 5.74) is 7.33. The summed E-state index contributed by atoms with van der Waals surface area (Å²) < 4.78 is 0. The van der Waals surface area contributed by atoms with Gasteiger partial charge < -0.3 is 15.9 Å². The Morgan fingerprint density at radius 3 is 2.77 bits per heavy atom. The van der Waals surface area contributed by atoms with Crippen LogP contribution in [0.15, 0.2) is 35.9 Å². The number of carbonyl (C=O) groups is 2. The van der Waals surface area contributed by atoms with Gasteiger partial charge in [-0.15, -0.1) is 0 Å². The molecule has 26 heavy (non-hydrogen) atoms. The standard InChI is InChI=1S/C17H21ClN2O4S2/c18-13-4-2-1-3-11(13)8-20-6-5-15(12(9-20)7-16(21)22)26-25-10-14(19)17(23)24/h1-4,7,14-15H,5-6,8-10,19H2,(H,21,22)(H,23,24)/b12-7-/t14-,15?/m0/s1. The van der Waals surface area contributed by atoms with Crippen LogP contribution in [0.2, 0.25) is 5.02 Å². The number of benzene rings is 1. The van der Waals surface area contributed by atoms with Crippen molar-refractivity contribution in [3.63, 3.8) is 0 Å². The van der Waals surface area contributed by atoms with Crippen LogP contribution in [0.1, 0.15) is 12.0 Å². The van der Waals surface area contributed by atoms with Gasteiger partial charge in [-0.05, 0) is 23.6 Å². The second kappa shape index (κ2) is 10.2. The molecular formula is C17H21ClN2O4S2. The van der Waals surface area contributed by atoms with E-state index in [-0.39, 0.29) is 11.0 Å². The monoisotopic (exact) mass is 416 g/mol. The van der Waals surface area contributed by atoms with Crippen molar-refractivity contribution >= 4 is 45.1 Å². The Hall–Kier alpha value is -1.19. The number of likely N-dealkylation sites (tertiary alicyclic amines) is 1. The van der Waals surface area contributed by atoms with Crippen LogP contribution in [-0.4, -0.2) is 57.2 Å². The molecule has 9 heteroatoms. The Kier molecular flexibility index (Phi) is 8.30. The highest BCUT2D eigenvalue weighted by Crippen LogP contribution is 2.36. The third kappa shape index (κ3) is 6.51. The van der Waals surface area contributed by atoms with E-state index in [2.05, 4.69) is 4.90 Å². The Labute approximate surface area is 165 Å². The zero-order chi connectivity index (χ0) is 19.1. The maximum atomic E-state index is 11.2. The van der Waals surface area contributed by atoms with Crippen molar-refractivity contribution in [2.75, 3.05) is 18.8 Å². The largest absolute Gasteiger partial charge is 0.480 e. The summed E-state index contributed by atoms with van der Waals surface area (Å²) in [6.45, 7) is 2.01. The summed E-state index contributed by atoms with van der Waals surface area (Å²) >= 11 is 6.21. The molecule has 142 valence electrons. The molecule has 1 aromatic carbocycles. The molecule has 4 N–H and O–H groups in total. The second-order valence-electron chi connectivity index (χ2n) is 5.96. The fraction of sp³-hybridized carbons (Fsp3) is 0.412. The molecule has 0 spiro atoms. The van der Waals surface area contributed by atoms with Crippen molar-refractivity contribution in [3.05, 3.63) is 46.5 Å². The molecule has 1 aromatic rings. The lowest BCUT2D eigenvalue weighted by Crippen LogP contribution is -2.37. The van der Waals surface area contributed by atoms with Gasteiger partial charge in [0.2, 0.25) is 0 Å². The summed E-state index contributed by atoms with van der Waals surface area (Å²) in [5.74, 6) is -1.73. The van der Waals surface area contributed by atoms with Crippen molar-refractivity contribution in [2.24, 2.45) is 5.73 Å². The van der Waals surface area contributed by atoms with Gasteiger partial charge in [0.25, 0.3) is 0 Å². The van der Waals surface area contributed by atoms with Gasteiger partial charge in [-0.1, -0.05) is 51.4 Å². The van der Waals surface area contributed by atoms with Crippen molar-refractivity contribution < 1.29 is 19.8 Å². The van der Waals surface area contributed by atoms with Crippen LogP contribution in [0.5, 0.6) is 0 Å². The number of nitrogens with zero attached hydrogens (tertiary/aromatic N) is 1. The molecule has 2 atom stereocenters. The third-order valence-corrected chi connectivity index (χ3v) is 7.22. The van der Waals surface area contributed by atoms with E-state index in [1.807, 2.05) is 24.3 Å². The lowest BCUT2D eigenvalue weighted by molar-refractivity contribution is -0.138. The molecule has 0 bridgehead atoms. The lowest BCUT2D eigenvalue weighted by Gasteiger charge is -2.33. The minimum atomic E-state index is -1.03. The molecule has 0 aliphatic carbocycles. The van der Waals surface area contributed by atoms with Crippen molar-refractivity contribution in [3.8, 4) is 0 Å². The van der Waals surface area contributed by atoms with E-state index in [4.69, 9.17) is 27.5 Å². The Bertz CT molecular complexity index is 686. The number of hydrogen-bond acceptors (Lipinski definition) is 6. The zero-order valence-electron chi connectivity index (χ0n) is 14.0. The first-order valence-electron chi connectivity index (χ1n) is 8.02. The molecule has 0 amide bonds. The van der Waals surface area contributed by atoms with Crippen LogP contribution in [0.3, 0.4) is 0 Å². The van der Waals surface area contributed by atoms with Gasteiger partial charge in [0.1, 0.15) is 6.04 Å². The number of rotatable bonds is 8. The first-order chi connectivity index (χ1) is 12.4. The van der Waals surface area contributed by atoms with Crippen LogP contribution in [0, 0.1) is 0 Å². The van der Waals surface area contributed by atoms with Gasteiger partial charge in [0.15, 0.2) is 0 Å². The molecule has 2 rings (SSSR count). The highest BCUT2D eigenvalue weighted by atomic mass is 35.5. The fourth-order valence-corrected chi connectivity index (χ4v) is 5.62. The maximum absolute atomic E-state index is 11.2. The molecule has 1 aliphatic rings. The Balaban J connectivity index is 1.97. The zero-order valence-corrected chi connectivity index (χ0v) is 16.4. The Morgan fingerprint density at radius 2 is 2.12 bits per heavy atom. The average Bonchev–Trinajstić information content (AvgIpc) is 2.58. The quantitative estimate of drug-likeness (QED) is 0.439. The molecular weight excluding hydrogens is 396 g/mol. The number of hydrogen-bond donors (Lipinski definition) is 3. The first kappa shape index (κ1) is 21.1. The number of halogens is 1. The average molecular weight is 417 g/mol. The highest BCUT2D eigenvalue weighted by Gasteiger charge is 2.26. The van der Waals surface area contributed by atoms with Gasteiger partial charge in [-0.2, -0.15) is 0 Å². The molecule has 1 saturated heterocycles. The third-order valence-electron chi connectivity index (χ3n) is 3.94. The van der Waals surface area contributed by atoms with Crippen LogP contribution < -0.4 is 5.73 Å². The molecule has 0 radical (unpaired) electrons. The van der Waals surface area contributed by atoms with E-state index in [9.17, 15) is 9.59 Å². The SMILES string of the molecule is N[C@@H](CSSC1CCN(Cc2ccccc2Cl)C/C1=C/C(=O)O)C(=O)O. The smallest absolute Gasteiger partial charge is 0.328 e. The summed E-state index contributed by atoms with van der Waals surface area (Å²) in [4.78, 5) is 24.1. The van der Waals surface area contributed by atoms with E-state index >= 15 is 0 Å². The maximum Gasteiger partial charge on any atom is 0.328 e. The normalized spacial score (nSPS) is 20.8. The summed E-state index contributed by atoms with van der Waals surface area (Å²) in [6.07, 6.45) is 2.04. The van der Waals surface area contributed by atoms with Crippen LogP contribution in [0.4, 0.5) is 0 Å². The van der Waals surface area contributed by atoms with E-state index in [0.29, 0.717) is 18.1 Å². The minimum absolute atomic E-state index is 0.0274. The van der Waals surface area contributed by atoms with Crippen LogP contribution in [0.25, 0.3) is 0 Å². The number of piperidine rings is 1. The van der Waals surface area contributed by atoms with Gasteiger partial charge in [-0.25, -0.2) is 4.79 Å². The van der Waals surface area contributed by atoms with Crippen LogP contribution in [-0.2, 0) is 16.1 Å². The first-order valence-corrected chi connectivity index (χ1v) is 10.8. The molecule has 1 unspecified atom stereocenters. The molecule has 1 fully saturated rings. The molecule has 0 aromatic heterocycles. The van der Waals surface area contributed by atoms with E-state index < -0.39 is 18.0 Å². The number of aliphatic carboxylic acids is 2. The Morgan fingerprint density at radius 1 is 1.38 bits per heavy atom. The lowest BCUT2D eigenvalue weighted by atomic mass is 10.0. The molecule has 0 saturated carbocycles. The van der Waals surface area contributed by atoms with E-state index in [1.165, 1.54) is 27.7 Å². The van der Waals surface area contributed by atoms with Crippen molar-refractivity contribution in [1.82, 2.24) is 4.90 Å². The minimum Gasteiger partial charge on any atom is -0.480 e. The second-order valence-corrected chi connectivity index (χ2v) is 8.98. The highest BCUT2D eigenvalue weighted by molar-refractivity contribution is 8.77. The topological polar surface area (TPSA) is 104 Å². The van der Waals surface area contributed by atoms with E-state index in [1.54, 1.807) is 0 Å². The molecule has 1 heterocycles. The van der Waals surface area contributed by atoms with E-state index in [0.717, 1.165) is 24.1 Å².